The van der Waals surface area contributed by atoms with Gasteiger partial charge in [-0.25, -0.2) is 4.98 Å². The van der Waals surface area contributed by atoms with Crippen LogP contribution in [0.2, 0.25) is 0 Å². The van der Waals surface area contributed by atoms with Crippen molar-refractivity contribution >= 4 is 5.91 Å². The minimum absolute atomic E-state index is 0.0170. The molecule has 1 aliphatic carbocycles. The number of amides is 1. The third kappa shape index (κ3) is 2.97. The Hall–Kier alpha value is -1.36. The van der Waals surface area contributed by atoms with Crippen LogP contribution in [0.3, 0.4) is 0 Å². The van der Waals surface area contributed by atoms with E-state index < -0.39 is 0 Å². The number of nitrogens with zero attached hydrogens (tertiary/aromatic N) is 2. The molecule has 1 aromatic rings. The number of rotatable bonds is 3. The van der Waals surface area contributed by atoms with Crippen molar-refractivity contribution in [2.45, 2.75) is 50.6 Å². The Balaban J connectivity index is 1.59. The van der Waals surface area contributed by atoms with Gasteiger partial charge in [0.15, 0.2) is 0 Å². The predicted octanol–water partition coefficient (Wildman–Crippen LogP) is 1.48. The summed E-state index contributed by atoms with van der Waals surface area (Å²) < 4.78 is 2.07. The summed E-state index contributed by atoms with van der Waals surface area (Å²) >= 11 is 0. The molecule has 2 N–H and O–H groups in total. The second-order valence-electron chi connectivity index (χ2n) is 5.66. The molecule has 1 amide bonds. The number of nitrogens with one attached hydrogen (secondary N) is 2. The Bertz CT molecular complexity index is 430. The highest BCUT2D eigenvalue weighted by atomic mass is 16.2. The molecule has 0 bridgehead atoms. The molecular weight excluding hydrogens is 240 g/mol. The Kier molecular flexibility index (Phi) is 3.82. The molecule has 1 unspecified atom stereocenters. The van der Waals surface area contributed by atoms with E-state index in [4.69, 9.17) is 0 Å². The Morgan fingerprint density at radius 1 is 1.32 bits per heavy atom. The Morgan fingerprint density at radius 2 is 2.16 bits per heavy atom. The first kappa shape index (κ1) is 12.7. The van der Waals surface area contributed by atoms with Crippen LogP contribution in [0.4, 0.5) is 0 Å². The monoisotopic (exact) mass is 262 g/mol. The van der Waals surface area contributed by atoms with E-state index in [1.807, 2.05) is 6.20 Å². The van der Waals surface area contributed by atoms with Crippen LogP contribution in [0.15, 0.2) is 12.5 Å². The van der Waals surface area contributed by atoms with Crippen molar-refractivity contribution in [3.8, 4) is 0 Å². The molecule has 1 saturated heterocycles. The maximum atomic E-state index is 12.1. The summed E-state index contributed by atoms with van der Waals surface area (Å²) in [6, 6.07) is 0.795. The fourth-order valence-corrected chi connectivity index (χ4v) is 3.05. The predicted molar refractivity (Wildman–Crippen MR) is 73.1 cm³/mol. The van der Waals surface area contributed by atoms with Gasteiger partial charge in [0, 0.05) is 24.8 Å². The molecule has 2 aliphatic rings. The molecule has 104 valence electrons. The lowest BCUT2D eigenvalue weighted by Crippen LogP contribution is -2.36. The van der Waals surface area contributed by atoms with E-state index in [2.05, 4.69) is 20.2 Å². The number of hydrogen-bond acceptors (Lipinski definition) is 3. The number of imidazole rings is 1. The quantitative estimate of drug-likeness (QED) is 0.867. The van der Waals surface area contributed by atoms with Gasteiger partial charge >= 0.3 is 0 Å². The van der Waals surface area contributed by atoms with Gasteiger partial charge in [-0.05, 0) is 25.8 Å². The van der Waals surface area contributed by atoms with E-state index in [0.717, 1.165) is 32.4 Å². The first-order valence-electron chi connectivity index (χ1n) is 7.38. The zero-order chi connectivity index (χ0) is 13.1. The smallest absolute Gasteiger partial charge is 0.271 e. The summed E-state index contributed by atoms with van der Waals surface area (Å²) in [7, 11) is 0. The lowest BCUT2D eigenvalue weighted by Gasteiger charge is -2.22. The molecule has 2 fully saturated rings. The highest BCUT2D eigenvalue weighted by Gasteiger charge is 2.20. The third-order valence-corrected chi connectivity index (χ3v) is 4.23. The Morgan fingerprint density at radius 3 is 2.89 bits per heavy atom. The highest BCUT2D eigenvalue weighted by Crippen LogP contribution is 2.18. The largest absolute Gasteiger partial charge is 0.348 e. The van der Waals surface area contributed by atoms with Crippen LogP contribution in [-0.4, -0.2) is 34.6 Å². The van der Waals surface area contributed by atoms with Gasteiger partial charge in [0.25, 0.3) is 5.91 Å². The number of hydrogen-bond donors (Lipinski definition) is 2. The van der Waals surface area contributed by atoms with Gasteiger partial charge in [-0.15, -0.1) is 0 Å². The van der Waals surface area contributed by atoms with Crippen molar-refractivity contribution < 1.29 is 4.79 Å². The van der Waals surface area contributed by atoms with Crippen LogP contribution in [0, 0.1) is 0 Å². The second-order valence-corrected chi connectivity index (χ2v) is 5.66. The zero-order valence-electron chi connectivity index (χ0n) is 11.3. The third-order valence-electron chi connectivity index (χ3n) is 4.23. The minimum atomic E-state index is -0.0170. The molecule has 0 aromatic carbocycles. The zero-order valence-corrected chi connectivity index (χ0v) is 11.3. The summed E-state index contributed by atoms with van der Waals surface area (Å²) in [5.41, 5.74) is 0.553. The van der Waals surface area contributed by atoms with Crippen molar-refractivity contribution in [3.63, 3.8) is 0 Å². The molecule has 0 spiro atoms. The molecular formula is C14H22N4O. The van der Waals surface area contributed by atoms with Crippen molar-refractivity contribution in [1.29, 1.82) is 0 Å². The van der Waals surface area contributed by atoms with Crippen molar-refractivity contribution in [1.82, 2.24) is 20.2 Å². The van der Waals surface area contributed by atoms with Crippen LogP contribution in [0.25, 0.3) is 0 Å². The summed E-state index contributed by atoms with van der Waals surface area (Å²) in [6.07, 6.45) is 10.8. The fraction of sp³-hybridized carbons (Fsp3) is 0.714. The first-order valence-corrected chi connectivity index (χ1v) is 7.38. The summed E-state index contributed by atoms with van der Waals surface area (Å²) in [4.78, 5) is 16.4. The molecule has 3 rings (SSSR count). The average molecular weight is 262 g/mol. The summed E-state index contributed by atoms with van der Waals surface area (Å²) in [5, 5.41) is 6.43. The maximum absolute atomic E-state index is 12.1. The first-order chi connectivity index (χ1) is 9.33. The molecule has 5 nitrogen and oxygen atoms in total. The van der Waals surface area contributed by atoms with Gasteiger partial charge in [-0.1, -0.05) is 19.3 Å². The van der Waals surface area contributed by atoms with Crippen LogP contribution >= 0.6 is 0 Å². The standard InChI is InChI=1S/C14H22N4O/c19-14(17-11-4-2-1-3-5-11)13-9-18(10-16-13)12-6-7-15-8-12/h9-12,15H,1-8H2,(H,17,19). The maximum Gasteiger partial charge on any atom is 0.271 e. The van der Waals surface area contributed by atoms with Crippen LogP contribution in [0.1, 0.15) is 55.1 Å². The van der Waals surface area contributed by atoms with E-state index in [0.29, 0.717) is 17.8 Å². The fourth-order valence-electron chi connectivity index (χ4n) is 3.05. The highest BCUT2D eigenvalue weighted by molar-refractivity contribution is 5.92. The van der Waals surface area contributed by atoms with Crippen molar-refractivity contribution in [2.24, 2.45) is 0 Å². The van der Waals surface area contributed by atoms with Crippen LogP contribution in [0.5, 0.6) is 0 Å². The van der Waals surface area contributed by atoms with Crippen molar-refractivity contribution in [3.05, 3.63) is 18.2 Å². The van der Waals surface area contributed by atoms with Gasteiger partial charge in [0.2, 0.25) is 0 Å². The van der Waals surface area contributed by atoms with Crippen LogP contribution in [-0.2, 0) is 0 Å². The van der Waals surface area contributed by atoms with Gasteiger partial charge in [0.05, 0.1) is 6.33 Å². The van der Waals surface area contributed by atoms with E-state index in [1.165, 1.54) is 19.3 Å². The number of carbonyl (C=O) groups is 1. The second kappa shape index (κ2) is 5.74. The topological polar surface area (TPSA) is 59.0 Å². The van der Waals surface area contributed by atoms with Gasteiger partial charge in [-0.2, -0.15) is 0 Å². The molecule has 2 heterocycles. The molecule has 1 aromatic heterocycles. The number of aromatic nitrogens is 2. The lowest BCUT2D eigenvalue weighted by molar-refractivity contribution is 0.0923. The van der Waals surface area contributed by atoms with Crippen LogP contribution < -0.4 is 10.6 Å². The molecule has 1 saturated carbocycles. The van der Waals surface area contributed by atoms with Gasteiger partial charge in [-0.3, -0.25) is 4.79 Å². The molecule has 19 heavy (non-hydrogen) atoms. The molecule has 1 aliphatic heterocycles. The lowest BCUT2D eigenvalue weighted by atomic mass is 9.95. The SMILES string of the molecule is O=C(NC1CCCCC1)c1cn(C2CCNC2)cn1. The summed E-state index contributed by atoms with van der Waals surface area (Å²) in [5.74, 6) is -0.0170. The van der Waals surface area contributed by atoms with E-state index >= 15 is 0 Å². The number of carbonyl (C=O) groups excluding carboxylic acids is 1. The van der Waals surface area contributed by atoms with Gasteiger partial charge in [0.1, 0.15) is 5.69 Å². The Labute approximate surface area is 113 Å². The average Bonchev–Trinajstić information content (AvgIpc) is 3.11. The normalized spacial score (nSPS) is 24.5. The molecule has 1 atom stereocenters. The van der Waals surface area contributed by atoms with E-state index in [1.54, 1.807) is 6.33 Å². The van der Waals surface area contributed by atoms with Crippen molar-refractivity contribution in [2.75, 3.05) is 13.1 Å². The molecule has 5 heteroatoms. The van der Waals surface area contributed by atoms with E-state index in [9.17, 15) is 4.79 Å². The summed E-state index contributed by atoms with van der Waals surface area (Å²) in [6.45, 7) is 2.02. The molecule has 0 radical (unpaired) electrons. The minimum Gasteiger partial charge on any atom is -0.348 e. The van der Waals surface area contributed by atoms with Gasteiger partial charge < -0.3 is 15.2 Å². The van der Waals surface area contributed by atoms with E-state index in [-0.39, 0.29) is 5.91 Å².